The van der Waals surface area contributed by atoms with Crippen molar-refractivity contribution < 1.29 is 18.7 Å². The van der Waals surface area contributed by atoms with Crippen molar-refractivity contribution in [2.75, 3.05) is 11.9 Å². The normalized spacial score (nSPS) is 10.5. The molecule has 0 unspecified atom stereocenters. The first-order valence-corrected chi connectivity index (χ1v) is 7.48. The monoisotopic (exact) mass is 377 g/mol. The van der Waals surface area contributed by atoms with Crippen molar-refractivity contribution in [2.24, 2.45) is 0 Å². The van der Waals surface area contributed by atoms with Gasteiger partial charge in [-0.2, -0.15) is 0 Å². The van der Waals surface area contributed by atoms with E-state index in [9.17, 15) is 14.0 Å². The summed E-state index contributed by atoms with van der Waals surface area (Å²) in [7, 11) is 0. The Morgan fingerprint density at radius 1 is 1.09 bits per heavy atom. The van der Waals surface area contributed by atoms with Crippen LogP contribution in [-0.2, 0) is 14.3 Å². The zero-order valence-electron chi connectivity index (χ0n) is 12.0. The highest BCUT2D eigenvalue weighted by Gasteiger charge is 2.05. The summed E-state index contributed by atoms with van der Waals surface area (Å²) in [6.45, 7) is -0.416. The Morgan fingerprint density at radius 2 is 1.74 bits per heavy atom. The third kappa shape index (κ3) is 6.04. The van der Waals surface area contributed by atoms with Crippen molar-refractivity contribution in [1.29, 1.82) is 0 Å². The molecule has 4 nitrogen and oxygen atoms in total. The zero-order chi connectivity index (χ0) is 16.7. The maximum Gasteiger partial charge on any atom is 0.331 e. The number of carbonyl (C=O) groups excluding carboxylic acids is 2. The number of carbonyl (C=O) groups is 2. The molecule has 1 amide bonds. The summed E-state index contributed by atoms with van der Waals surface area (Å²) >= 11 is 3.32. The molecule has 0 bridgehead atoms. The molecule has 118 valence electrons. The molecule has 0 aliphatic rings. The number of amides is 1. The van der Waals surface area contributed by atoms with Crippen molar-refractivity contribution in [3.05, 3.63) is 70.5 Å². The molecule has 1 N–H and O–H groups in total. The van der Waals surface area contributed by atoms with Crippen LogP contribution in [0.15, 0.2) is 59.1 Å². The summed E-state index contributed by atoms with van der Waals surface area (Å²) in [4.78, 5) is 23.1. The van der Waals surface area contributed by atoms with Gasteiger partial charge in [0.15, 0.2) is 6.61 Å². The predicted octanol–water partition coefficient (Wildman–Crippen LogP) is 3.78. The van der Waals surface area contributed by atoms with Crippen molar-refractivity contribution in [3.8, 4) is 0 Å². The fraction of sp³-hybridized carbons (Fsp3) is 0.0588. The molecule has 0 aliphatic carbocycles. The fourth-order valence-electron chi connectivity index (χ4n) is 1.65. The SMILES string of the molecule is O=C(COC(=O)/C=C/c1ccc(Br)cc1)Nc1ccc(F)cc1. The van der Waals surface area contributed by atoms with Crippen LogP contribution in [0.4, 0.5) is 10.1 Å². The third-order valence-electron chi connectivity index (χ3n) is 2.76. The molecule has 0 spiro atoms. The van der Waals surface area contributed by atoms with Gasteiger partial charge in [-0.15, -0.1) is 0 Å². The second-order valence-corrected chi connectivity index (χ2v) is 5.46. The number of rotatable bonds is 5. The largest absolute Gasteiger partial charge is 0.452 e. The summed E-state index contributed by atoms with van der Waals surface area (Å²) in [5.74, 6) is -1.52. The van der Waals surface area contributed by atoms with Gasteiger partial charge in [-0.3, -0.25) is 4.79 Å². The van der Waals surface area contributed by atoms with Gasteiger partial charge in [-0.1, -0.05) is 28.1 Å². The van der Waals surface area contributed by atoms with Crippen LogP contribution in [0.25, 0.3) is 6.08 Å². The number of nitrogens with one attached hydrogen (secondary N) is 1. The lowest BCUT2D eigenvalue weighted by Gasteiger charge is -2.05. The van der Waals surface area contributed by atoms with Crippen LogP contribution in [0.5, 0.6) is 0 Å². The van der Waals surface area contributed by atoms with Crippen molar-refractivity contribution >= 4 is 39.6 Å². The van der Waals surface area contributed by atoms with Crippen molar-refractivity contribution in [1.82, 2.24) is 0 Å². The summed E-state index contributed by atoms with van der Waals surface area (Å²) in [5, 5.41) is 2.49. The molecule has 0 radical (unpaired) electrons. The van der Waals surface area contributed by atoms with Crippen LogP contribution in [-0.4, -0.2) is 18.5 Å². The number of anilines is 1. The number of hydrogen-bond acceptors (Lipinski definition) is 3. The van der Waals surface area contributed by atoms with Crippen molar-refractivity contribution in [3.63, 3.8) is 0 Å². The van der Waals surface area contributed by atoms with Crippen LogP contribution >= 0.6 is 15.9 Å². The van der Waals surface area contributed by atoms with Gasteiger partial charge in [-0.25, -0.2) is 9.18 Å². The molecule has 0 heterocycles. The van der Waals surface area contributed by atoms with E-state index in [2.05, 4.69) is 21.2 Å². The number of halogens is 2. The van der Waals surface area contributed by atoms with E-state index >= 15 is 0 Å². The van der Waals surface area contributed by atoms with Gasteiger partial charge >= 0.3 is 5.97 Å². The Labute approximate surface area is 141 Å². The average molecular weight is 378 g/mol. The van der Waals surface area contributed by atoms with Crippen LogP contribution in [0.1, 0.15) is 5.56 Å². The summed E-state index contributed by atoms with van der Waals surface area (Å²) in [5.41, 5.74) is 1.26. The molecule has 23 heavy (non-hydrogen) atoms. The van der Waals surface area contributed by atoms with E-state index in [1.807, 2.05) is 24.3 Å². The standard InChI is InChI=1S/C17H13BrFNO3/c18-13-4-1-12(2-5-13)3-10-17(22)23-11-16(21)20-15-8-6-14(19)7-9-15/h1-10H,11H2,(H,20,21)/b10-3+. The summed E-state index contributed by atoms with van der Waals surface area (Å²) in [6, 6.07) is 12.6. The van der Waals surface area contributed by atoms with E-state index < -0.39 is 24.3 Å². The molecule has 2 rings (SSSR count). The maximum absolute atomic E-state index is 12.7. The number of hydrogen-bond donors (Lipinski definition) is 1. The minimum atomic E-state index is -0.623. The van der Waals surface area contributed by atoms with Gasteiger partial charge < -0.3 is 10.1 Å². The predicted molar refractivity (Wildman–Crippen MR) is 89.2 cm³/mol. The second kappa shape index (κ2) is 8.24. The van der Waals surface area contributed by atoms with E-state index in [1.54, 1.807) is 6.08 Å². The molecule has 0 aliphatic heterocycles. The number of benzene rings is 2. The minimum Gasteiger partial charge on any atom is -0.452 e. The van der Waals surface area contributed by atoms with Crippen molar-refractivity contribution in [2.45, 2.75) is 0 Å². The van der Waals surface area contributed by atoms with Crippen LogP contribution in [0.3, 0.4) is 0 Å². The van der Waals surface area contributed by atoms with Gasteiger partial charge in [0.25, 0.3) is 5.91 Å². The molecule has 2 aromatic rings. The Kier molecular flexibility index (Phi) is 6.05. The molecule has 0 atom stereocenters. The third-order valence-corrected chi connectivity index (χ3v) is 3.28. The molecular formula is C17H13BrFNO3. The molecule has 2 aromatic carbocycles. The van der Waals surface area contributed by atoms with E-state index in [0.29, 0.717) is 5.69 Å². The lowest BCUT2D eigenvalue weighted by Crippen LogP contribution is -2.20. The lowest BCUT2D eigenvalue weighted by atomic mass is 10.2. The molecule has 0 saturated heterocycles. The van der Waals surface area contributed by atoms with Crippen LogP contribution in [0, 0.1) is 5.82 Å². The Morgan fingerprint density at radius 3 is 2.39 bits per heavy atom. The first-order valence-electron chi connectivity index (χ1n) is 6.69. The van der Waals surface area contributed by atoms with E-state index in [-0.39, 0.29) is 0 Å². The highest BCUT2D eigenvalue weighted by atomic mass is 79.9. The Bertz CT molecular complexity index is 712. The topological polar surface area (TPSA) is 55.4 Å². The Hall–Kier alpha value is -2.47. The van der Waals surface area contributed by atoms with Gasteiger partial charge in [0.1, 0.15) is 5.82 Å². The first kappa shape index (κ1) is 16.9. The number of esters is 1. The summed E-state index contributed by atoms with van der Waals surface area (Å²) < 4.78 is 18.5. The molecule has 0 fully saturated rings. The Balaban J connectivity index is 1.78. The van der Waals surface area contributed by atoms with E-state index in [1.165, 1.54) is 30.3 Å². The minimum absolute atomic E-state index is 0.396. The fourth-order valence-corrected chi connectivity index (χ4v) is 1.92. The molecule has 0 aromatic heterocycles. The highest BCUT2D eigenvalue weighted by molar-refractivity contribution is 9.10. The van der Waals surface area contributed by atoms with Crippen LogP contribution < -0.4 is 5.32 Å². The van der Waals surface area contributed by atoms with E-state index in [4.69, 9.17) is 4.74 Å². The van der Waals surface area contributed by atoms with Gasteiger partial charge in [0, 0.05) is 16.2 Å². The first-order chi connectivity index (χ1) is 11.0. The van der Waals surface area contributed by atoms with E-state index in [0.717, 1.165) is 10.0 Å². The smallest absolute Gasteiger partial charge is 0.331 e. The number of ether oxygens (including phenoxy) is 1. The highest BCUT2D eigenvalue weighted by Crippen LogP contribution is 2.11. The van der Waals surface area contributed by atoms with Gasteiger partial charge in [0.2, 0.25) is 0 Å². The molecule has 0 saturated carbocycles. The second-order valence-electron chi connectivity index (χ2n) is 4.55. The zero-order valence-corrected chi connectivity index (χ0v) is 13.5. The quantitative estimate of drug-likeness (QED) is 0.637. The average Bonchev–Trinajstić information content (AvgIpc) is 2.54. The lowest BCUT2D eigenvalue weighted by molar-refractivity contribution is -0.142. The van der Waals surface area contributed by atoms with Crippen LogP contribution in [0.2, 0.25) is 0 Å². The maximum atomic E-state index is 12.7. The molecular weight excluding hydrogens is 365 g/mol. The molecule has 6 heteroatoms. The van der Waals surface area contributed by atoms with Gasteiger partial charge in [0.05, 0.1) is 0 Å². The van der Waals surface area contributed by atoms with Gasteiger partial charge in [-0.05, 0) is 48.0 Å². The summed E-state index contributed by atoms with van der Waals surface area (Å²) in [6.07, 6.45) is 2.83.